The molecular formula is C17H20BrN3O3S. The number of carbonyl (C=O) groups excluding carboxylic acids is 2. The highest BCUT2D eigenvalue weighted by molar-refractivity contribution is 9.10. The number of thiophene rings is 1. The molecule has 0 saturated heterocycles. The monoisotopic (exact) mass is 425 g/mol. The molecule has 134 valence electrons. The molecule has 1 N–H and O–H groups in total. The second kappa shape index (κ2) is 8.14. The van der Waals surface area contributed by atoms with Gasteiger partial charge in [-0.2, -0.15) is 5.10 Å². The lowest BCUT2D eigenvalue weighted by Crippen LogP contribution is -2.20. The Hall–Kier alpha value is -1.67. The van der Waals surface area contributed by atoms with Crippen molar-refractivity contribution < 1.29 is 14.3 Å². The van der Waals surface area contributed by atoms with E-state index in [0.717, 1.165) is 42.1 Å². The summed E-state index contributed by atoms with van der Waals surface area (Å²) in [7, 11) is 0. The molecule has 6 nitrogen and oxygen atoms in total. The van der Waals surface area contributed by atoms with Gasteiger partial charge in [0, 0.05) is 11.1 Å². The van der Waals surface area contributed by atoms with Crippen molar-refractivity contribution in [3.63, 3.8) is 0 Å². The number of ether oxygens (including phenoxy) is 1. The number of hydrogen-bond donors (Lipinski definition) is 1. The number of anilines is 1. The molecule has 2 aromatic rings. The molecule has 2 heterocycles. The smallest absolute Gasteiger partial charge is 0.341 e. The van der Waals surface area contributed by atoms with Crippen molar-refractivity contribution in [2.75, 3.05) is 11.9 Å². The lowest BCUT2D eigenvalue weighted by molar-refractivity contribution is -0.116. The van der Waals surface area contributed by atoms with Gasteiger partial charge in [-0.25, -0.2) is 4.79 Å². The van der Waals surface area contributed by atoms with Gasteiger partial charge in [0.1, 0.15) is 11.5 Å². The first-order valence-corrected chi connectivity index (χ1v) is 9.99. The molecule has 2 aromatic heterocycles. The second-order valence-electron chi connectivity index (χ2n) is 5.96. The molecular weight excluding hydrogens is 406 g/mol. The van der Waals surface area contributed by atoms with Gasteiger partial charge in [-0.3, -0.25) is 9.48 Å². The number of aryl methyl sites for hydroxylation is 1. The Labute approximate surface area is 158 Å². The van der Waals surface area contributed by atoms with E-state index < -0.39 is 0 Å². The maximum Gasteiger partial charge on any atom is 0.341 e. The van der Waals surface area contributed by atoms with Crippen LogP contribution in [-0.4, -0.2) is 28.3 Å². The Bertz CT molecular complexity index is 784. The molecule has 25 heavy (non-hydrogen) atoms. The van der Waals surface area contributed by atoms with Crippen LogP contribution >= 0.6 is 27.3 Å². The molecule has 0 aliphatic heterocycles. The Balaban J connectivity index is 1.80. The van der Waals surface area contributed by atoms with E-state index in [1.807, 2.05) is 6.92 Å². The second-order valence-corrected chi connectivity index (χ2v) is 7.98. The third-order valence-electron chi connectivity index (χ3n) is 3.97. The largest absolute Gasteiger partial charge is 0.462 e. The summed E-state index contributed by atoms with van der Waals surface area (Å²) in [4.78, 5) is 26.1. The van der Waals surface area contributed by atoms with E-state index in [1.165, 1.54) is 16.2 Å². The van der Waals surface area contributed by atoms with Gasteiger partial charge >= 0.3 is 5.97 Å². The summed E-state index contributed by atoms with van der Waals surface area (Å²) in [6.45, 7) is 2.44. The van der Waals surface area contributed by atoms with Crippen molar-refractivity contribution in [1.29, 1.82) is 0 Å². The zero-order valence-corrected chi connectivity index (χ0v) is 16.4. The van der Waals surface area contributed by atoms with Crippen molar-refractivity contribution in [2.45, 2.75) is 45.6 Å². The van der Waals surface area contributed by atoms with Gasteiger partial charge in [0.2, 0.25) is 5.91 Å². The molecule has 0 bridgehead atoms. The van der Waals surface area contributed by atoms with E-state index in [0.29, 0.717) is 17.2 Å². The van der Waals surface area contributed by atoms with E-state index in [4.69, 9.17) is 4.74 Å². The third kappa shape index (κ3) is 4.30. The molecule has 1 aliphatic rings. The van der Waals surface area contributed by atoms with Gasteiger partial charge in [0.25, 0.3) is 0 Å². The number of nitrogens with one attached hydrogen (secondary N) is 1. The minimum absolute atomic E-state index is 0.0949. The maximum atomic E-state index is 12.5. The average Bonchev–Trinajstić information content (AvgIpc) is 3.15. The molecule has 0 aromatic carbocycles. The van der Waals surface area contributed by atoms with Gasteiger partial charge in [0.05, 0.1) is 22.8 Å². The zero-order chi connectivity index (χ0) is 17.8. The van der Waals surface area contributed by atoms with Gasteiger partial charge in [0.15, 0.2) is 0 Å². The Kier molecular flexibility index (Phi) is 5.90. The summed E-state index contributed by atoms with van der Waals surface area (Å²) in [5.74, 6) is -0.544. The van der Waals surface area contributed by atoms with Crippen molar-refractivity contribution >= 4 is 44.1 Å². The van der Waals surface area contributed by atoms with Crippen LogP contribution in [0.4, 0.5) is 5.00 Å². The minimum atomic E-state index is -0.335. The predicted octanol–water partition coefficient (Wildman–Crippen LogP) is 3.79. The standard InChI is InChI=1S/C17H20BrN3O3S/c1-2-7-24-17(23)15-12-5-3-4-6-13(12)25-16(15)20-14(22)10-21-9-11(18)8-19-21/h8-9H,2-7,10H2,1H3,(H,20,22). The van der Waals surface area contributed by atoms with E-state index >= 15 is 0 Å². The summed E-state index contributed by atoms with van der Waals surface area (Å²) in [6.07, 6.45) is 8.13. The number of rotatable bonds is 6. The van der Waals surface area contributed by atoms with E-state index in [2.05, 4.69) is 26.3 Å². The first-order valence-electron chi connectivity index (χ1n) is 8.38. The summed E-state index contributed by atoms with van der Waals surface area (Å²) in [5, 5.41) is 7.57. The topological polar surface area (TPSA) is 73.2 Å². The van der Waals surface area contributed by atoms with Crippen LogP contribution in [0.15, 0.2) is 16.9 Å². The van der Waals surface area contributed by atoms with Crippen LogP contribution in [0.3, 0.4) is 0 Å². The van der Waals surface area contributed by atoms with Crippen molar-refractivity contribution in [2.24, 2.45) is 0 Å². The number of esters is 1. The highest BCUT2D eigenvalue weighted by Crippen LogP contribution is 2.38. The summed E-state index contributed by atoms with van der Waals surface area (Å²) in [5.41, 5.74) is 1.60. The molecule has 0 saturated carbocycles. The Morgan fingerprint density at radius 2 is 2.20 bits per heavy atom. The normalized spacial score (nSPS) is 13.4. The van der Waals surface area contributed by atoms with E-state index in [1.54, 1.807) is 17.1 Å². The molecule has 0 atom stereocenters. The van der Waals surface area contributed by atoms with Gasteiger partial charge in [-0.05, 0) is 53.6 Å². The van der Waals surface area contributed by atoms with Crippen LogP contribution in [0.5, 0.6) is 0 Å². The number of hydrogen-bond acceptors (Lipinski definition) is 5. The molecule has 0 fully saturated rings. The first kappa shape index (κ1) is 18.1. The minimum Gasteiger partial charge on any atom is -0.462 e. The van der Waals surface area contributed by atoms with Crippen molar-refractivity contribution in [3.8, 4) is 0 Å². The number of nitrogens with zero attached hydrogens (tertiary/aromatic N) is 2. The molecule has 3 rings (SSSR count). The molecule has 0 spiro atoms. The third-order valence-corrected chi connectivity index (χ3v) is 5.59. The molecule has 8 heteroatoms. The zero-order valence-electron chi connectivity index (χ0n) is 14.0. The Morgan fingerprint density at radius 1 is 1.40 bits per heavy atom. The number of aromatic nitrogens is 2. The maximum absolute atomic E-state index is 12.5. The predicted molar refractivity (Wildman–Crippen MR) is 100 cm³/mol. The fraction of sp³-hybridized carbons (Fsp3) is 0.471. The lowest BCUT2D eigenvalue weighted by Gasteiger charge is -2.12. The molecule has 1 amide bonds. The fourth-order valence-corrected chi connectivity index (χ4v) is 4.50. The number of fused-ring (bicyclic) bond motifs is 1. The summed E-state index contributed by atoms with van der Waals surface area (Å²) >= 11 is 4.80. The van der Waals surface area contributed by atoms with Crippen LogP contribution in [0.2, 0.25) is 0 Å². The van der Waals surface area contributed by atoms with Crippen molar-refractivity contribution in [3.05, 3.63) is 32.9 Å². The lowest BCUT2D eigenvalue weighted by atomic mass is 9.95. The Morgan fingerprint density at radius 3 is 2.92 bits per heavy atom. The summed E-state index contributed by atoms with van der Waals surface area (Å²) in [6, 6.07) is 0. The number of carbonyl (C=O) groups is 2. The van der Waals surface area contributed by atoms with E-state index in [-0.39, 0.29) is 18.4 Å². The molecule has 0 unspecified atom stereocenters. The molecule has 0 radical (unpaired) electrons. The number of halogens is 1. The highest BCUT2D eigenvalue weighted by Gasteiger charge is 2.27. The summed E-state index contributed by atoms with van der Waals surface area (Å²) < 4.78 is 7.70. The highest BCUT2D eigenvalue weighted by atomic mass is 79.9. The van der Waals surface area contributed by atoms with Gasteiger partial charge in [-0.1, -0.05) is 6.92 Å². The average molecular weight is 426 g/mol. The SMILES string of the molecule is CCCOC(=O)c1c(NC(=O)Cn2cc(Br)cn2)sc2c1CCCC2. The van der Waals surface area contributed by atoms with Crippen LogP contribution in [0.25, 0.3) is 0 Å². The van der Waals surface area contributed by atoms with Crippen LogP contribution in [0.1, 0.15) is 47.0 Å². The van der Waals surface area contributed by atoms with Crippen molar-refractivity contribution in [1.82, 2.24) is 9.78 Å². The van der Waals surface area contributed by atoms with Crippen LogP contribution in [0, 0.1) is 0 Å². The van der Waals surface area contributed by atoms with Gasteiger partial charge in [-0.15, -0.1) is 11.3 Å². The molecule has 1 aliphatic carbocycles. The van der Waals surface area contributed by atoms with Crippen LogP contribution < -0.4 is 5.32 Å². The van der Waals surface area contributed by atoms with E-state index in [9.17, 15) is 9.59 Å². The number of amides is 1. The first-order chi connectivity index (χ1) is 12.1. The van der Waals surface area contributed by atoms with Crippen LogP contribution in [-0.2, 0) is 28.9 Å². The quantitative estimate of drug-likeness (QED) is 0.714. The van der Waals surface area contributed by atoms with Gasteiger partial charge < -0.3 is 10.1 Å². The fourth-order valence-electron chi connectivity index (χ4n) is 2.87.